The van der Waals surface area contributed by atoms with Crippen molar-refractivity contribution in [3.8, 4) is 23.0 Å². The Balaban J connectivity index is 2.20. The molecule has 0 saturated carbocycles. The second kappa shape index (κ2) is 8.28. The van der Waals surface area contributed by atoms with Crippen molar-refractivity contribution in [3.63, 3.8) is 0 Å². The lowest BCUT2D eigenvalue weighted by Crippen LogP contribution is -2.28. The van der Waals surface area contributed by atoms with Gasteiger partial charge in [0.2, 0.25) is 5.89 Å². The van der Waals surface area contributed by atoms with Crippen LogP contribution in [0.3, 0.4) is 0 Å². The number of phenolic OH excluding ortho intramolecular Hbond substituents is 1. The van der Waals surface area contributed by atoms with Gasteiger partial charge in [-0.05, 0) is 18.2 Å². The summed E-state index contributed by atoms with van der Waals surface area (Å²) in [6.45, 7) is -3.08. The second-order valence-electron chi connectivity index (χ2n) is 5.01. The topological polar surface area (TPSA) is 108 Å². The maximum absolute atomic E-state index is 12.2. The molecule has 0 aliphatic carbocycles. The number of benzene rings is 1. The molecule has 0 aliphatic heterocycles. The van der Waals surface area contributed by atoms with Crippen LogP contribution in [0.1, 0.15) is 5.69 Å². The van der Waals surface area contributed by atoms with Crippen molar-refractivity contribution in [2.45, 2.75) is 13.0 Å². The number of oxazole rings is 1. The highest BCUT2D eigenvalue weighted by molar-refractivity contribution is 5.95. The monoisotopic (exact) mass is 371 g/mol. The Morgan fingerprint density at radius 1 is 1.23 bits per heavy atom. The van der Waals surface area contributed by atoms with Crippen molar-refractivity contribution in [2.75, 3.05) is 14.2 Å². The summed E-state index contributed by atoms with van der Waals surface area (Å²) in [6, 6.07) is 3.61. The van der Waals surface area contributed by atoms with Gasteiger partial charge >= 0.3 is 18.6 Å². The summed E-state index contributed by atoms with van der Waals surface area (Å²) in [5.41, 5.74) is 0.538. The van der Waals surface area contributed by atoms with E-state index < -0.39 is 36.0 Å². The number of hydrogen-bond acceptors (Lipinski definition) is 8. The third-order valence-corrected chi connectivity index (χ3v) is 3.36. The highest BCUT2D eigenvalue weighted by Gasteiger charge is 2.30. The quantitative estimate of drug-likeness (QED) is 0.583. The van der Waals surface area contributed by atoms with Gasteiger partial charge in [0.15, 0.2) is 17.4 Å². The van der Waals surface area contributed by atoms with Gasteiger partial charge in [-0.15, -0.1) is 0 Å². The van der Waals surface area contributed by atoms with Crippen LogP contribution in [0.25, 0.3) is 11.5 Å². The summed E-state index contributed by atoms with van der Waals surface area (Å²) in [6.07, 6.45) is 1.09. The predicted molar refractivity (Wildman–Crippen MR) is 81.5 cm³/mol. The van der Waals surface area contributed by atoms with E-state index in [0.29, 0.717) is 0 Å². The Morgan fingerprint density at radius 3 is 2.42 bits per heavy atom. The fourth-order valence-corrected chi connectivity index (χ4v) is 2.14. The minimum Gasteiger partial charge on any atom is -0.504 e. The molecule has 1 N–H and O–H groups in total. The molecule has 8 nitrogen and oxygen atoms in total. The number of rotatable bonds is 7. The van der Waals surface area contributed by atoms with E-state index in [2.05, 4.69) is 19.2 Å². The standard InChI is InChI=1S/C16H15F2NO7/c1-23-14(21)10(15(22)24-2)6-9-7-25-13(19-9)8-3-4-12(11(20)5-8)26-16(17)18/h3-5,7,10,16,20H,6H2,1-2H3. The summed E-state index contributed by atoms with van der Waals surface area (Å²) in [5.74, 6) is -3.65. The molecular weight excluding hydrogens is 356 g/mol. The smallest absolute Gasteiger partial charge is 0.387 e. The minimum atomic E-state index is -3.08. The van der Waals surface area contributed by atoms with Crippen molar-refractivity contribution in [3.05, 3.63) is 30.2 Å². The molecule has 0 fully saturated rings. The molecule has 0 unspecified atom stereocenters. The van der Waals surface area contributed by atoms with Crippen molar-refractivity contribution in [2.24, 2.45) is 5.92 Å². The molecule has 0 bridgehead atoms. The first-order valence-electron chi connectivity index (χ1n) is 7.24. The van der Waals surface area contributed by atoms with Crippen LogP contribution in [-0.2, 0) is 25.5 Å². The number of halogens is 2. The van der Waals surface area contributed by atoms with Crippen molar-refractivity contribution in [1.29, 1.82) is 0 Å². The van der Waals surface area contributed by atoms with Gasteiger partial charge in [0, 0.05) is 12.0 Å². The normalized spacial score (nSPS) is 10.8. The van der Waals surface area contributed by atoms with Crippen LogP contribution >= 0.6 is 0 Å². The molecule has 0 atom stereocenters. The van der Waals surface area contributed by atoms with Crippen molar-refractivity contribution < 1.29 is 42.1 Å². The van der Waals surface area contributed by atoms with Crippen LogP contribution in [0.5, 0.6) is 11.5 Å². The Morgan fingerprint density at radius 2 is 1.88 bits per heavy atom. The number of aromatic nitrogens is 1. The lowest BCUT2D eigenvalue weighted by Gasteiger charge is -2.10. The van der Waals surface area contributed by atoms with E-state index in [1.54, 1.807) is 0 Å². The summed E-state index contributed by atoms with van der Waals surface area (Å²) >= 11 is 0. The number of aromatic hydroxyl groups is 1. The van der Waals surface area contributed by atoms with Gasteiger partial charge in [-0.25, -0.2) is 4.98 Å². The molecule has 10 heteroatoms. The Kier molecular flexibility index (Phi) is 6.10. The number of phenols is 1. The second-order valence-corrected chi connectivity index (χ2v) is 5.01. The van der Waals surface area contributed by atoms with Gasteiger partial charge in [-0.1, -0.05) is 0 Å². The van der Waals surface area contributed by atoms with Gasteiger partial charge in [0.1, 0.15) is 6.26 Å². The highest BCUT2D eigenvalue weighted by atomic mass is 19.3. The van der Waals surface area contributed by atoms with E-state index in [1.807, 2.05) is 0 Å². The molecule has 140 valence electrons. The van der Waals surface area contributed by atoms with E-state index in [9.17, 15) is 23.5 Å². The third kappa shape index (κ3) is 4.47. The van der Waals surface area contributed by atoms with Crippen LogP contribution in [-0.4, -0.2) is 42.9 Å². The number of alkyl halides is 2. The number of esters is 2. The lowest BCUT2D eigenvalue weighted by atomic mass is 10.0. The molecule has 1 aromatic heterocycles. The molecular formula is C16H15F2NO7. The molecule has 2 aromatic rings. The molecule has 1 aromatic carbocycles. The van der Waals surface area contributed by atoms with Crippen LogP contribution in [0.15, 0.2) is 28.9 Å². The van der Waals surface area contributed by atoms with E-state index in [0.717, 1.165) is 26.4 Å². The first kappa shape index (κ1) is 19.2. The molecule has 0 amide bonds. The van der Waals surface area contributed by atoms with Gasteiger partial charge in [0.25, 0.3) is 0 Å². The number of methoxy groups -OCH3 is 2. The zero-order valence-electron chi connectivity index (χ0n) is 13.8. The molecule has 0 aliphatic rings. The zero-order chi connectivity index (χ0) is 19.3. The fraction of sp³-hybridized carbons (Fsp3) is 0.312. The largest absolute Gasteiger partial charge is 0.504 e. The van der Waals surface area contributed by atoms with Crippen LogP contribution < -0.4 is 4.74 Å². The average molecular weight is 371 g/mol. The molecule has 0 spiro atoms. The SMILES string of the molecule is COC(=O)C(Cc1coc(-c2ccc(OC(F)F)c(O)c2)n1)C(=O)OC. The molecule has 2 rings (SSSR count). The van der Waals surface area contributed by atoms with Crippen LogP contribution in [0.2, 0.25) is 0 Å². The third-order valence-electron chi connectivity index (χ3n) is 3.36. The van der Waals surface area contributed by atoms with E-state index in [-0.39, 0.29) is 23.6 Å². The molecule has 0 radical (unpaired) electrons. The summed E-state index contributed by atoms with van der Waals surface area (Å²) in [4.78, 5) is 27.5. The summed E-state index contributed by atoms with van der Waals surface area (Å²) in [7, 11) is 2.27. The summed E-state index contributed by atoms with van der Waals surface area (Å²) < 4.78 is 42.9. The number of hydrogen-bond donors (Lipinski definition) is 1. The Labute approximate surface area is 146 Å². The van der Waals surface area contributed by atoms with Gasteiger partial charge < -0.3 is 23.7 Å². The molecule has 0 saturated heterocycles. The van der Waals surface area contributed by atoms with Crippen LogP contribution in [0.4, 0.5) is 8.78 Å². The number of ether oxygens (including phenoxy) is 3. The Bertz CT molecular complexity index is 775. The summed E-state index contributed by atoms with van der Waals surface area (Å²) in [5, 5.41) is 9.71. The van der Waals surface area contributed by atoms with Gasteiger partial charge in [-0.3, -0.25) is 9.59 Å². The minimum absolute atomic E-state index is 0.0485. The molecule has 26 heavy (non-hydrogen) atoms. The van der Waals surface area contributed by atoms with E-state index in [1.165, 1.54) is 12.3 Å². The first-order chi connectivity index (χ1) is 12.3. The van der Waals surface area contributed by atoms with Gasteiger partial charge in [-0.2, -0.15) is 8.78 Å². The van der Waals surface area contributed by atoms with E-state index in [4.69, 9.17) is 4.42 Å². The highest BCUT2D eigenvalue weighted by Crippen LogP contribution is 2.32. The number of nitrogens with zero attached hydrogens (tertiary/aromatic N) is 1. The number of carbonyl (C=O) groups excluding carboxylic acids is 2. The van der Waals surface area contributed by atoms with Gasteiger partial charge in [0.05, 0.1) is 19.9 Å². The number of carbonyl (C=O) groups is 2. The molecule has 1 heterocycles. The maximum Gasteiger partial charge on any atom is 0.387 e. The first-order valence-corrected chi connectivity index (χ1v) is 7.24. The zero-order valence-corrected chi connectivity index (χ0v) is 13.8. The maximum atomic E-state index is 12.2. The fourth-order valence-electron chi connectivity index (χ4n) is 2.14. The van der Waals surface area contributed by atoms with Crippen molar-refractivity contribution in [1.82, 2.24) is 4.98 Å². The van der Waals surface area contributed by atoms with E-state index >= 15 is 0 Å². The average Bonchev–Trinajstić information content (AvgIpc) is 3.08. The van der Waals surface area contributed by atoms with Crippen molar-refractivity contribution >= 4 is 11.9 Å². The lowest BCUT2D eigenvalue weighted by molar-refractivity contribution is -0.158. The predicted octanol–water partition coefficient (Wildman–Crippen LogP) is 2.15. The van der Waals surface area contributed by atoms with Crippen LogP contribution in [0, 0.1) is 5.92 Å². The Hall–Kier alpha value is -3.17.